The first-order chi connectivity index (χ1) is 19.4. The van der Waals surface area contributed by atoms with Gasteiger partial charge in [-0.05, 0) is 37.5 Å². The summed E-state index contributed by atoms with van der Waals surface area (Å²) in [6, 6.07) is 19.0. The molecular weight excluding hydrogens is 494 g/mol. The summed E-state index contributed by atoms with van der Waals surface area (Å²) in [7, 11) is 4.43. The number of benzene rings is 2. The Hall–Kier alpha value is -2.33. The fraction of sp³-hybridized carbons (Fsp3) is 0.639. The number of ether oxygens (including phenoxy) is 2. The van der Waals surface area contributed by atoms with Gasteiger partial charge in [0, 0.05) is 18.4 Å². The standard InChI is InChI=1S/C36H58NO3/c1-5-6-7-8-9-10-11-12-13-14-16-21-33-24-19-25-35(30-33)40-32(2)27-29-39-36(38)26-20-28-37(3,4)31-34-22-17-15-18-23-34/h15,17-19,22-25,30,32H,5-14,16,20-21,26-29,31H2,1-4H3/q+1. The summed E-state index contributed by atoms with van der Waals surface area (Å²) in [6.07, 6.45) is 18.2. The molecule has 0 bridgehead atoms. The van der Waals surface area contributed by atoms with Crippen molar-refractivity contribution in [1.29, 1.82) is 0 Å². The molecule has 4 nitrogen and oxygen atoms in total. The second-order valence-corrected chi connectivity index (χ2v) is 12.3. The number of hydrogen-bond donors (Lipinski definition) is 0. The second kappa shape index (κ2) is 20.5. The molecule has 0 spiro atoms. The summed E-state index contributed by atoms with van der Waals surface area (Å²) in [5, 5.41) is 0. The molecule has 0 heterocycles. The van der Waals surface area contributed by atoms with E-state index in [0.29, 0.717) is 19.4 Å². The third kappa shape index (κ3) is 16.7. The van der Waals surface area contributed by atoms with Gasteiger partial charge in [0.25, 0.3) is 0 Å². The summed E-state index contributed by atoms with van der Waals surface area (Å²) in [5.41, 5.74) is 2.67. The molecule has 2 aromatic carbocycles. The van der Waals surface area contributed by atoms with E-state index in [9.17, 15) is 4.79 Å². The van der Waals surface area contributed by atoms with Crippen LogP contribution in [-0.2, 0) is 22.5 Å². The molecule has 224 valence electrons. The van der Waals surface area contributed by atoms with Crippen molar-refractivity contribution in [3.05, 3.63) is 65.7 Å². The lowest BCUT2D eigenvalue weighted by atomic mass is 10.0. The highest BCUT2D eigenvalue weighted by atomic mass is 16.5. The van der Waals surface area contributed by atoms with Gasteiger partial charge in [-0.1, -0.05) is 114 Å². The van der Waals surface area contributed by atoms with E-state index in [4.69, 9.17) is 9.47 Å². The van der Waals surface area contributed by atoms with Crippen LogP contribution in [0.15, 0.2) is 54.6 Å². The third-order valence-corrected chi connectivity index (χ3v) is 7.69. The first-order valence-electron chi connectivity index (χ1n) is 16.1. The van der Waals surface area contributed by atoms with Crippen molar-refractivity contribution in [1.82, 2.24) is 0 Å². The number of carbonyl (C=O) groups is 1. The molecule has 0 aromatic heterocycles. The molecular formula is C36H58NO3+. The fourth-order valence-corrected chi connectivity index (χ4v) is 5.28. The Labute approximate surface area is 246 Å². The Balaban J connectivity index is 1.52. The van der Waals surface area contributed by atoms with E-state index in [1.54, 1.807) is 0 Å². The van der Waals surface area contributed by atoms with Gasteiger partial charge in [-0.15, -0.1) is 0 Å². The molecule has 0 amide bonds. The van der Waals surface area contributed by atoms with Gasteiger partial charge >= 0.3 is 5.97 Å². The minimum Gasteiger partial charge on any atom is -0.491 e. The number of rotatable bonds is 23. The molecule has 1 atom stereocenters. The molecule has 4 heteroatoms. The third-order valence-electron chi connectivity index (χ3n) is 7.69. The topological polar surface area (TPSA) is 35.5 Å². The summed E-state index contributed by atoms with van der Waals surface area (Å²) < 4.78 is 12.5. The second-order valence-electron chi connectivity index (χ2n) is 12.3. The summed E-state index contributed by atoms with van der Waals surface area (Å²) >= 11 is 0. The molecule has 0 aliphatic rings. The lowest BCUT2D eigenvalue weighted by molar-refractivity contribution is -0.903. The molecule has 0 aliphatic heterocycles. The quantitative estimate of drug-likeness (QED) is 0.0783. The molecule has 2 aromatic rings. The Morgan fingerprint density at radius 3 is 2.08 bits per heavy atom. The van der Waals surface area contributed by atoms with Gasteiger partial charge in [0.15, 0.2) is 0 Å². The zero-order valence-corrected chi connectivity index (χ0v) is 26.2. The van der Waals surface area contributed by atoms with Crippen LogP contribution in [0.3, 0.4) is 0 Å². The fourth-order valence-electron chi connectivity index (χ4n) is 5.28. The number of hydrogen-bond acceptors (Lipinski definition) is 3. The van der Waals surface area contributed by atoms with Crippen LogP contribution in [0.5, 0.6) is 5.75 Å². The molecule has 0 saturated carbocycles. The van der Waals surface area contributed by atoms with Crippen molar-refractivity contribution in [2.75, 3.05) is 27.2 Å². The van der Waals surface area contributed by atoms with Crippen molar-refractivity contribution in [2.45, 2.75) is 123 Å². The largest absolute Gasteiger partial charge is 0.491 e. The maximum atomic E-state index is 12.2. The van der Waals surface area contributed by atoms with Gasteiger partial charge in [-0.3, -0.25) is 4.79 Å². The van der Waals surface area contributed by atoms with Crippen LogP contribution in [0, 0.1) is 0 Å². The molecule has 0 fully saturated rings. The van der Waals surface area contributed by atoms with Gasteiger partial charge in [-0.25, -0.2) is 0 Å². The van der Waals surface area contributed by atoms with Crippen LogP contribution in [-0.4, -0.2) is 43.8 Å². The van der Waals surface area contributed by atoms with Crippen LogP contribution < -0.4 is 4.74 Å². The highest BCUT2D eigenvalue weighted by Gasteiger charge is 2.17. The molecule has 0 N–H and O–H groups in total. The van der Waals surface area contributed by atoms with E-state index in [0.717, 1.165) is 36.2 Å². The van der Waals surface area contributed by atoms with Crippen molar-refractivity contribution < 1.29 is 18.8 Å². The molecule has 2 rings (SSSR count). The van der Waals surface area contributed by atoms with Crippen LogP contribution in [0.4, 0.5) is 0 Å². The number of esters is 1. The Morgan fingerprint density at radius 1 is 0.775 bits per heavy atom. The van der Waals surface area contributed by atoms with Gasteiger partial charge in [0.1, 0.15) is 12.3 Å². The van der Waals surface area contributed by atoms with Crippen LogP contribution >= 0.6 is 0 Å². The minimum absolute atomic E-state index is 0.00601. The first-order valence-corrected chi connectivity index (χ1v) is 16.1. The molecule has 0 radical (unpaired) electrons. The van der Waals surface area contributed by atoms with E-state index < -0.39 is 0 Å². The average Bonchev–Trinajstić information content (AvgIpc) is 2.92. The van der Waals surface area contributed by atoms with Crippen molar-refractivity contribution in [2.24, 2.45) is 0 Å². The van der Waals surface area contributed by atoms with E-state index in [1.807, 2.05) is 19.1 Å². The van der Waals surface area contributed by atoms with Crippen molar-refractivity contribution >= 4 is 5.97 Å². The van der Waals surface area contributed by atoms with Crippen molar-refractivity contribution in [3.8, 4) is 5.75 Å². The molecule has 1 unspecified atom stereocenters. The minimum atomic E-state index is -0.110. The maximum Gasteiger partial charge on any atom is 0.306 e. The zero-order valence-electron chi connectivity index (χ0n) is 26.2. The van der Waals surface area contributed by atoms with E-state index in [-0.39, 0.29) is 12.1 Å². The predicted octanol–water partition coefficient (Wildman–Crippen LogP) is 9.30. The predicted molar refractivity (Wildman–Crippen MR) is 169 cm³/mol. The van der Waals surface area contributed by atoms with Crippen LogP contribution in [0.2, 0.25) is 0 Å². The average molecular weight is 553 g/mol. The number of unbranched alkanes of at least 4 members (excludes halogenated alkanes) is 10. The number of carbonyl (C=O) groups excluding carboxylic acids is 1. The Bertz CT molecular complexity index is 911. The summed E-state index contributed by atoms with van der Waals surface area (Å²) in [6.45, 7) is 6.64. The first kappa shape index (κ1) is 33.9. The lowest BCUT2D eigenvalue weighted by Gasteiger charge is -2.29. The summed E-state index contributed by atoms with van der Waals surface area (Å²) in [5.74, 6) is 0.804. The number of quaternary nitrogens is 1. The Kier molecular flexibility index (Phi) is 17.4. The maximum absolute atomic E-state index is 12.2. The number of aryl methyl sites for hydroxylation is 1. The van der Waals surface area contributed by atoms with E-state index in [2.05, 4.69) is 63.5 Å². The molecule has 40 heavy (non-hydrogen) atoms. The monoisotopic (exact) mass is 552 g/mol. The van der Waals surface area contributed by atoms with E-state index >= 15 is 0 Å². The van der Waals surface area contributed by atoms with Gasteiger partial charge in [-0.2, -0.15) is 0 Å². The van der Waals surface area contributed by atoms with Gasteiger partial charge < -0.3 is 14.0 Å². The molecule has 0 aliphatic carbocycles. The summed E-state index contributed by atoms with van der Waals surface area (Å²) in [4.78, 5) is 12.2. The normalized spacial score (nSPS) is 12.3. The van der Waals surface area contributed by atoms with Crippen LogP contribution in [0.25, 0.3) is 0 Å². The smallest absolute Gasteiger partial charge is 0.306 e. The molecule has 0 saturated heterocycles. The van der Waals surface area contributed by atoms with Gasteiger partial charge in [0.05, 0.1) is 39.8 Å². The SMILES string of the molecule is CCCCCCCCCCCCCc1cccc(OC(C)CCOC(=O)CCC[N+](C)(C)Cc2ccccc2)c1. The zero-order chi connectivity index (χ0) is 28.9. The number of nitrogens with zero attached hydrogens (tertiary/aromatic N) is 1. The highest BCUT2D eigenvalue weighted by molar-refractivity contribution is 5.69. The van der Waals surface area contributed by atoms with Crippen LogP contribution in [0.1, 0.15) is 115 Å². The lowest BCUT2D eigenvalue weighted by Crippen LogP contribution is -2.39. The highest BCUT2D eigenvalue weighted by Crippen LogP contribution is 2.19. The van der Waals surface area contributed by atoms with E-state index in [1.165, 1.54) is 81.8 Å². The van der Waals surface area contributed by atoms with Crippen molar-refractivity contribution in [3.63, 3.8) is 0 Å². The van der Waals surface area contributed by atoms with Gasteiger partial charge in [0.2, 0.25) is 0 Å². The Morgan fingerprint density at radius 2 is 1.40 bits per heavy atom.